The molecule has 0 N–H and O–H groups in total. The van der Waals surface area contributed by atoms with E-state index in [1.807, 2.05) is 5.01 Å². The first-order chi connectivity index (χ1) is 7.65. The molecule has 5 nitrogen and oxygen atoms in total. The largest absolute Gasteiger partial charge is 0.467 e. The zero-order valence-corrected chi connectivity index (χ0v) is 10.8. The predicted molar refractivity (Wildman–Crippen MR) is 60.8 cm³/mol. The lowest BCUT2D eigenvalue weighted by Crippen LogP contribution is -2.63. The molecule has 2 aliphatic rings. The number of ether oxygens (including phenoxy) is 1. The molecule has 2 fully saturated rings. The van der Waals surface area contributed by atoms with Gasteiger partial charge in [0.1, 0.15) is 6.04 Å². The van der Waals surface area contributed by atoms with Crippen LogP contribution in [-0.2, 0) is 14.3 Å². The molecule has 90 valence electrons. The van der Waals surface area contributed by atoms with Crippen LogP contribution in [0.5, 0.6) is 0 Å². The molecule has 2 atom stereocenters. The number of hydrogen-bond acceptors (Lipinski definition) is 4. The van der Waals surface area contributed by atoms with Crippen molar-refractivity contribution in [2.24, 2.45) is 0 Å². The van der Waals surface area contributed by atoms with E-state index in [1.165, 1.54) is 7.11 Å². The fourth-order valence-corrected chi connectivity index (χ4v) is 2.70. The lowest BCUT2D eigenvalue weighted by molar-refractivity contribution is -0.181. The van der Waals surface area contributed by atoms with E-state index in [0.29, 0.717) is 6.42 Å². The molecule has 2 saturated heterocycles. The first-order valence-electron chi connectivity index (χ1n) is 5.45. The van der Waals surface area contributed by atoms with E-state index in [-0.39, 0.29) is 16.7 Å². The molecular weight excluding hydrogens is 276 g/mol. The minimum Gasteiger partial charge on any atom is -0.467 e. The Kier molecular flexibility index (Phi) is 3.49. The van der Waals surface area contributed by atoms with Crippen LogP contribution in [0.1, 0.15) is 19.3 Å². The normalized spacial score (nSPS) is 31.1. The van der Waals surface area contributed by atoms with Crippen molar-refractivity contribution in [3.8, 4) is 0 Å². The van der Waals surface area contributed by atoms with Gasteiger partial charge in [0.15, 0.2) is 0 Å². The van der Waals surface area contributed by atoms with Crippen LogP contribution in [0.25, 0.3) is 0 Å². The van der Waals surface area contributed by atoms with Crippen molar-refractivity contribution in [1.29, 1.82) is 0 Å². The van der Waals surface area contributed by atoms with Gasteiger partial charge in [0, 0.05) is 13.1 Å². The fourth-order valence-electron chi connectivity index (χ4n) is 2.29. The van der Waals surface area contributed by atoms with Gasteiger partial charge in [-0.15, -0.1) is 0 Å². The predicted octanol–water partition coefficient (Wildman–Crippen LogP) is 0.535. The molecular formula is C10H15BrN2O3. The summed E-state index contributed by atoms with van der Waals surface area (Å²) in [5, 5.41) is 3.55. The van der Waals surface area contributed by atoms with Gasteiger partial charge in [-0.05, 0) is 19.3 Å². The van der Waals surface area contributed by atoms with Crippen molar-refractivity contribution < 1.29 is 14.3 Å². The maximum atomic E-state index is 12.0. The van der Waals surface area contributed by atoms with Gasteiger partial charge < -0.3 is 4.74 Å². The van der Waals surface area contributed by atoms with E-state index in [9.17, 15) is 9.59 Å². The van der Waals surface area contributed by atoms with Crippen LogP contribution in [0.4, 0.5) is 0 Å². The van der Waals surface area contributed by atoms with Gasteiger partial charge in [0.05, 0.1) is 11.9 Å². The molecule has 1 amide bonds. The number of hydrazine groups is 1. The molecule has 0 aromatic rings. The number of alkyl halides is 1. The highest BCUT2D eigenvalue weighted by molar-refractivity contribution is 9.10. The number of amides is 1. The zero-order valence-electron chi connectivity index (χ0n) is 9.19. The van der Waals surface area contributed by atoms with Gasteiger partial charge in [0.25, 0.3) is 5.91 Å². The summed E-state index contributed by atoms with van der Waals surface area (Å²) in [6.45, 7) is 1.66. The second kappa shape index (κ2) is 4.71. The molecule has 6 heteroatoms. The Bertz CT molecular complexity index is 310. The van der Waals surface area contributed by atoms with Crippen molar-refractivity contribution in [2.45, 2.75) is 30.1 Å². The number of fused-ring (bicyclic) bond motifs is 1. The Hall–Kier alpha value is -0.620. The van der Waals surface area contributed by atoms with Crippen LogP contribution >= 0.6 is 15.9 Å². The van der Waals surface area contributed by atoms with Crippen LogP contribution in [0.2, 0.25) is 0 Å². The Morgan fingerprint density at radius 2 is 2.19 bits per heavy atom. The second-order valence-corrected chi connectivity index (χ2v) is 5.18. The number of halogens is 1. The highest BCUT2D eigenvalue weighted by Gasteiger charge is 2.42. The third-order valence-electron chi connectivity index (χ3n) is 3.10. The Morgan fingerprint density at radius 3 is 2.88 bits per heavy atom. The lowest BCUT2D eigenvalue weighted by atomic mass is 10.0. The van der Waals surface area contributed by atoms with E-state index < -0.39 is 6.04 Å². The first kappa shape index (κ1) is 11.9. The molecule has 0 aliphatic carbocycles. The number of hydrogen-bond donors (Lipinski definition) is 0. The average molecular weight is 291 g/mol. The van der Waals surface area contributed by atoms with Gasteiger partial charge >= 0.3 is 5.97 Å². The first-order valence-corrected chi connectivity index (χ1v) is 6.36. The summed E-state index contributed by atoms with van der Waals surface area (Å²) >= 11 is 3.34. The highest BCUT2D eigenvalue weighted by Crippen LogP contribution is 2.27. The summed E-state index contributed by atoms with van der Waals surface area (Å²) in [5.74, 6) is -0.346. The molecule has 2 rings (SSSR count). The number of nitrogens with zero attached hydrogens (tertiary/aromatic N) is 2. The van der Waals surface area contributed by atoms with Crippen molar-refractivity contribution >= 4 is 27.8 Å². The van der Waals surface area contributed by atoms with Gasteiger partial charge in [0.2, 0.25) is 0 Å². The van der Waals surface area contributed by atoms with Gasteiger partial charge in [-0.3, -0.25) is 9.80 Å². The SMILES string of the molecule is COC(=O)C1CCCN2CCC(Br)C(=O)N12. The van der Waals surface area contributed by atoms with E-state index in [0.717, 1.165) is 25.9 Å². The number of methoxy groups -OCH3 is 1. The van der Waals surface area contributed by atoms with E-state index in [1.54, 1.807) is 5.01 Å². The van der Waals surface area contributed by atoms with E-state index in [4.69, 9.17) is 4.74 Å². The van der Waals surface area contributed by atoms with Gasteiger partial charge in [-0.25, -0.2) is 9.80 Å². The average Bonchev–Trinajstić information content (AvgIpc) is 2.32. The Morgan fingerprint density at radius 1 is 1.44 bits per heavy atom. The second-order valence-electron chi connectivity index (χ2n) is 4.07. The summed E-state index contributed by atoms with van der Waals surface area (Å²) in [6, 6.07) is -0.438. The minimum absolute atomic E-state index is 0.0265. The van der Waals surface area contributed by atoms with E-state index >= 15 is 0 Å². The van der Waals surface area contributed by atoms with E-state index in [2.05, 4.69) is 15.9 Å². The fraction of sp³-hybridized carbons (Fsp3) is 0.800. The summed E-state index contributed by atoms with van der Waals surface area (Å²) in [4.78, 5) is 23.5. The van der Waals surface area contributed by atoms with Gasteiger partial charge in [-0.2, -0.15) is 0 Å². The van der Waals surface area contributed by atoms with Gasteiger partial charge in [-0.1, -0.05) is 15.9 Å². The number of esters is 1. The topological polar surface area (TPSA) is 49.9 Å². The molecule has 16 heavy (non-hydrogen) atoms. The smallest absolute Gasteiger partial charge is 0.330 e. The molecule has 0 spiro atoms. The van der Waals surface area contributed by atoms with Crippen LogP contribution in [0.15, 0.2) is 0 Å². The molecule has 2 heterocycles. The van der Waals surface area contributed by atoms with Crippen LogP contribution in [0.3, 0.4) is 0 Å². The Balaban J connectivity index is 2.19. The third-order valence-corrected chi connectivity index (χ3v) is 3.95. The maximum Gasteiger partial charge on any atom is 0.330 e. The zero-order chi connectivity index (χ0) is 11.7. The summed E-state index contributed by atoms with van der Waals surface area (Å²) in [7, 11) is 1.36. The Labute approximate surface area is 103 Å². The number of carbonyl (C=O) groups excluding carboxylic acids is 2. The monoisotopic (exact) mass is 290 g/mol. The lowest BCUT2D eigenvalue weighted by Gasteiger charge is -2.46. The number of rotatable bonds is 1. The summed E-state index contributed by atoms with van der Waals surface area (Å²) in [6.07, 6.45) is 2.41. The van der Waals surface area contributed by atoms with Crippen LogP contribution < -0.4 is 0 Å². The molecule has 0 bridgehead atoms. The van der Waals surface area contributed by atoms with Crippen molar-refractivity contribution in [3.63, 3.8) is 0 Å². The van der Waals surface area contributed by atoms with Crippen molar-refractivity contribution in [2.75, 3.05) is 20.2 Å². The number of carbonyl (C=O) groups is 2. The standard InChI is InChI=1S/C10H15BrN2O3/c1-16-10(15)8-3-2-5-12-6-4-7(11)9(14)13(8)12/h7-8H,2-6H2,1H3. The quantitative estimate of drug-likeness (QED) is 0.522. The molecule has 0 radical (unpaired) electrons. The van der Waals surface area contributed by atoms with Crippen molar-refractivity contribution in [3.05, 3.63) is 0 Å². The maximum absolute atomic E-state index is 12.0. The van der Waals surface area contributed by atoms with Crippen LogP contribution in [0, 0.1) is 0 Å². The summed E-state index contributed by atoms with van der Waals surface area (Å²) in [5.41, 5.74) is 0. The minimum atomic E-state index is -0.438. The third kappa shape index (κ3) is 1.96. The molecule has 2 unspecified atom stereocenters. The molecule has 0 aromatic heterocycles. The van der Waals surface area contributed by atoms with Crippen molar-refractivity contribution in [1.82, 2.24) is 10.0 Å². The molecule has 2 aliphatic heterocycles. The van der Waals surface area contributed by atoms with Crippen LogP contribution in [-0.4, -0.2) is 53.0 Å². The summed E-state index contributed by atoms with van der Waals surface area (Å²) < 4.78 is 4.75. The molecule has 0 saturated carbocycles. The molecule has 0 aromatic carbocycles. The highest BCUT2D eigenvalue weighted by atomic mass is 79.9.